The van der Waals surface area contributed by atoms with Gasteiger partial charge < -0.3 is 15.8 Å². The summed E-state index contributed by atoms with van der Waals surface area (Å²) < 4.78 is 0. The third kappa shape index (κ3) is 3.10. The van der Waals surface area contributed by atoms with E-state index < -0.39 is 18.3 Å². The van der Waals surface area contributed by atoms with E-state index in [0.29, 0.717) is 0 Å². The molecule has 0 radical (unpaired) electrons. The smallest absolute Gasteiger partial charge is 0.312 e. The number of hydroxylamine groups is 1. The van der Waals surface area contributed by atoms with Crippen LogP contribution in [0.25, 0.3) is 0 Å². The zero-order valence-electron chi connectivity index (χ0n) is 3.88. The number of hydrogen-bond acceptors (Lipinski definition) is 3. The van der Waals surface area contributed by atoms with Crippen molar-refractivity contribution in [1.82, 2.24) is 5.48 Å². The van der Waals surface area contributed by atoms with Crippen LogP contribution in [0.5, 0.6) is 0 Å². The molecule has 0 saturated carbocycles. The van der Waals surface area contributed by atoms with E-state index in [-0.39, 0.29) is 0 Å². The molecule has 8 heavy (non-hydrogen) atoms. The topological polar surface area (TPSA) is 89.5 Å². The van der Waals surface area contributed by atoms with Crippen molar-refractivity contribution >= 4 is 11.9 Å². The fourth-order valence-corrected chi connectivity index (χ4v) is 0.173. The number of amides is 1. The number of carboxylic acid groups (broad SMARTS) is 1. The molecule has 5 nitrogen and oxygen atoms in total. The van der Waals surface area contributed by atoms with Crippen LogP contribution in [0.4, 0.5) is 0 Å². The molecule has 0 aromatic rings. The zero-order chi connectivity index (χ0) is 6.57. The minimum Gasteiger partial charge on any atom is -0.759 e. The molecule has 46 valence electrons. The Morgan fingerprint density at radius 2 is 2.12 bits per heavy atom. The molecule has 0 aromatic carbocycles. The van der Waals surface area contributed by atoms with Crippen LogP contribution in [0.3, 0.4) is 0 Å². The summed E-state index contributed by atoms with van der Waals surface area (Å²) in [5.41, 5.74) is 0.927. The first-order valence-corrected chi connectivity index (χ1v) is 1.79. The largest absolute Gasteiger partial charge is 0.759 e. The minimum atomic E-state index is -1.31. The van der Waals surface area contributed by atoms with E-state index in [2.05, 4.69) is 0 Å². The maximum atomic E-state index is 9.82. The van der Waals surface area contributed by atoms with Gasteiger partial charge in [0.15, 0.2) is 0 Å². The average Bonchev–Trinajstić information content (AvgIpc) is 1.65. The van der Waals surface area contributed by atoms with Crippen molar-refractivity contribution in [2.75, 3.05) is 0 Å². The van der Waals surface area contributed by atoms with E-state index in [0.717, 1.165) is 5.48 Å². The Kier molecular flexibility index (Phi) is 2.57. The minimum absolute atomic E-state index is 0.760. The number of rotatable bonds is 2. The molecule has 0 aliphatic carbocycles. The van der Waals surface area contributed by atoms with Gasteiger partial charge in [-0.3, -0.25) is 9.59 Å². The number of hydrogen-bond donors (Lipinski definition) is 2. The summed E-state index contributed by atoms with van der Waals surface area (Å²) in [7, 11) is 0. The third-order valence-corrected chi connectivity index (χ3v) is 0.426. The second kappa shape index (κ2) is 2.98. The number of carboxylic acids is 1. The van der Waals surface area contributed by atoms with Crippen LogP contribution in [0.1, 0.15) is 6.42 Å². The normalized spacial score (nSPS) is 8.12. The SMILES string of the molecule is O=C(O)CC(=O)N[O-]. The lowest BCUT2D eigenvalue weighted by molar-refractivity contribution is -0.140. The van der Waals surface area contributed by atoms with Crippen molar-refractivity contribution in [2.24, 2.45) is 0 Å². The van der Waals surface area contributed by atoms with Gasteiger partial charge in [-0.2, -0.15) is 0 Å². The molecule has 0 atom stereocenters. The van der Waals surface area contributed by atoms with Gasteiger partial charge in [-0.1, -0.05) is 0 Å². The highest BCUT2D eigenvalue weighted by Gasteiger charge is 2.00. The molecule has 0 unspecified atom stereocenters. The highest BCUT2D eigenvalue weighted by molar-refractivity contribution is 5.93. The van der Waals surface area contributed by atoms with E-state index in [9.17, 15) is 14.8 Å². The monoisotopic (exact) mass is 118 g/mol. The second-order valence-corrected chi connectivity index (χ2v) is 1.10. The molecule has 0 spiro atoms. The van der Waals surface area contributed by atoms with Gasteiger partial charge in [0, 0.05) is 0 Å². The summed E-state index contributed by atoms with van der Waals surface area (Å²) in [4.78, 5) is 19.4. The van der Waals surface area contributed by atoms with E-state index in [1.54, 1.807) is 0 Å². The molecule has 0 heterocycles. The first kappa shape index (κ1) is 6.90. The third-order valence-electron chi connectivity index (χ3n) is 0.426. The van der Waals surface area contributed by atoms with Crippen molar-refractivity contribution < 1.29 is 14.7 Å². The summed E-state index contributed by atoms with van der Waals surface area (Å²) in [5, 5.41) is 17.1. The Labute approximate surface area is 44.9 Å². The summed E-state index contributed by atoms with van der Waals surface area (Å²) in [6.45, 7) is 0. The van der Waals surface area contributed by atoms with E-state index >= 15 is 0 Å². The predicted molar refractivity (Wildman–Crippen MR) is 23.8 cm³/mol. The molecule has 0 fully saturated rings. The second-order valence-electron chi connectivity index (χ2n) is 1.10. The van der Waals surface area contributed by atoms with Gasteiger partial charge >= 0.3 is 5.97 Å². The van der Waals surface area contributed by atoms with E-state index in [1.165, 1.54) is 0 Å². The molecule has 1 amide bonds. The van der Waals surface area contributed by atoms with Crippen LogP contribution in [-0.2, 0) is 9.59 Å². The van der Waals surface area contributed by atoms with Crippen molar-refractivity contribution in [3.63, 3.8) is 0 Å². The standard InChI is InChI=1S/C3H4NO4/c5-2(4-8)1-3(6)7/h1H2,(H2-,4,5,6,7,8)/q-1. The quantitative estimate of drug-likeness (QED) is 0.362. The Morgan fingerprint density at radius 3 is 2.25 bits per heavy atom. The maximum Gasteiger partial charge on any atom is 0.312 e. The maximum absolute atomic E-state index is 9.82. The van der Waals surface area contributed by atoms with Crippen molar-refractivity contribution in [1.29, 1.82) is 0 Å². The molecule has 5 heteroatoms. The molecule has 2 N–H and O–H groups in total. The van der Waals surface area contributed by atoms with Gasteiger partial charge in [0.25, 0.3) is 0 Å². The van der Waals surface area contributed by atoms with Crippen LogP contribution in [0, 0.1) is 5.21 Å². The van der Waals surface area contributed by atoms with E-state index in [1.807, 2.05) is 0 Å². The highest BCUT2D eigenvalue weighted by atomic mass is 16.5. The Morgan fingerprint density at radius 1 is 1.62 bits per heavy atom. The molecular formula is C3H4NO4-. The lowest BCUT2D eigenvalue weighted by Gasteiger charge is -2.02. The lowest BCUT2D eigenvalue weighted by atomic mass is 10.4. The Balaban J connectivity index is 3.40. The Hall–Kier alpha value is -1.10. The summed E-state index contributed by atoms with van der Waals surface area (Å²) >= 11 is 0. The molecule has 0 rings (SSSR count). The van der Waals surface area contributed by atoms with Gasteiger partial charge in [0.2, 0.25) is 5.91 Å². The number of carbonyl (C=O) groups excluding carboxylic acids is 1. The summed E-state index contributed by atoms with van der Waals surface area (Å²) in [6.07, 6.45) is -0.760. The molecular weight excluding hydrogens is 114 g/mol. The van der Waals surface area contributed by atoms with Gasteiger partial charge in [-0.15, -0.1) is 0 Å². The first-order valence-electron chi connectivity index (χ1n) is 1.79. The Bertz CT molecular complexity index is 110. The van der Waals surface area contributed by atoms with Crippen LogP contribution in [-0.4, -0.2) is 17.0 Å². The van der Waals surface area contributed by atoms with Crippen molar-refractivity contribution in [3.05, 3.63) is 5.21 Å². The van der Waals surface area contributed by atoms with Crippen LogP contribution < -0.4 is 5.48 Å². The van der Waals surface area contributed by atoms with Gasteiger partial charge in [0.05, 0.1) is 0 Å². The first-order chi connectivity index (χ1) is 3.66. The molecule has 0 bridgehead atoms. The van der Waals surface area contributed by atoms with Gasteiger partial charge in [0.1, 0.15) is 6.42 Å². The van der Waals surface area contributed by atoms with Crippen LogP contribution in [0.2, 0.25) is 0 Å². The highest BCUT2D eigenvalue weighted by Crippen LogP contribution is 1.75. The van der Waals surface area contributed by atoms with Crippen LogP contribution >= 0.6 is 0 Å². The molecule has 0 aliphatic heterocycles. The fourth-order valence-electron chi connectivity index (χ4n) is 0.173. The summed E-state index contributed by atoms with van der Waals surface area (Å²) in [6, 6.07) is 0. The average molecular weight is 118 g/mol. The van der Waals surface area contributed by atoms with Crippen molar-refractivity contribution in [3.8, 4) is 0 Å². The van der Waals surface area contributed by atoms with Gasteiger partial charge in [-0.25, -0.2) is 0 Å². The fraction of sp³-hybridized carbons (Fsp3) is 0.333. The number of nitrogens with one attached hydrogen (secondary N) is 1. The molecule has 0 aliphatic rings. The molecule has 0 saturated heterocycles. The molecule has 0 aromatic heterocycles. The van der Waals surface area contributed by atoms with Crippen LogP contribution in [0.15, 0.2) is 0 Å². The predicted octanol–water partition coefficient (Wildman–Crippen LogP) is -0.925. The summed E-state index contributed by atoms with van der Waals surface area (Å²) in [5.74, 6) is -2.34. The van der Waals surface area contributed by atoms with E-state index in [4.69, 9.17) is 5.11 Å². The number of carbonyl (C=O) groups is 2. The van der Waals surface area contributed by atoms with Gasteiger partial charge in [-0.05, 0) is 0 Å². The zero-order valence-corrected chi connectivity index (χ0v) is 3.88. The lowest BCUT2D eigenvalue weighted by Crippen LogP contribution is -2.19. The number of aliphatic carboxylic acids is 1. The van der Waals surface area contributed by atoms with Crippen molar-refractivity contribution in [2.45, 2.75) is 6.42 Å².